The zero-order valence-corrected chi connectivity index (χ0v) is 15.4. The molecule has 0 radical (unpaired) electrons. The van der Waals surface area contributed by atoms with E-state index >= 15 is 0 Å². The SMILES string of the molecule is CCC/C=C1\C=C(CC(=O)NC)CSC2=NC3(N)C(C)C3C(N)=C21. The van der Waals surface area contributed by atoms with E-state index in [0.717, 1.165) is 46.1 Å². The third kappa shape index (κ3) is 2.82. The number of carbonyl (C=O) groups excluding carboxylic acids is 1. The lowest BCUT2D eigenvalue weighted by atomic mass is 9.96. The molecule has 1 aliphatic carbocycles. The van der Waals surface area contributed by atoms with E-state index in [9.17, 15) is 4.79 Å². The second-order valence-electron chi connectivity index (χ2n) is 6.79. The van der Waals surface area contributed by atoms with Gasteiger partial charge in [-0.3, -0.25) is 9.79 Å². The highest BCUT2D eigenvalue weighted by atomic mass is 32.2. The van der Waals surface area contributed by atoms with Gasteiger partial charge in [0.2, 0.25) is 5.91 Å². The van der Waals surface area contributed by atoms with E-state index in [-0.39, 0.29) is 17.7 Å². The number of hydrogen-bond acceptors (Lipinski definition) is 5. The van der Waals surface area contributed by atoms with Crippen molar-refractivity contribution >= 4 is 22.7 Å². The molecule has 0 saturated heterocycles. The molecular formula is C18H26N4OS. The predicted octanol–water partition coefficient (Wildman–Crippen LogP) is 2.07. The molecule has 1 saturated carbocycles. The molecule has 0 aromatic carbocycles. The predicted molar refractivity (Wildman–Crippen MR) is 100 cm³/mol. The number of unbranched alkanes of at least 4 members (excludes halogenated alkanes) is 1. The number of thioether (sulfide) groups is 1. The van der Waals surface area contributed by atoms with Crippen molar-refractivity contribution in [3.05, 3.63) is 34.6 Å². The Morgan fingerprint density at radius 2 is 2.33 bits per heavy atom. The first-order valence-electron chi connectivity index (χ1n) is 8.54. The fourth-order valence-electron chi connectivity index (χ4n) is 3.52. The van der Waals surface area contributed by atoms with Crippen LogP contribution >= 0.6 is 11.8 Å². The van der Waals surface area contributed by atoms with Crippen molar-refractivity contribution in [2.45, 2.75) is 38.8 Å². The second kappa shape index (κ2) is 6.41. The minimum atomic E-state index is -0.531. The average molecular weight is 347 g/mol. The second-order valence-corrected chi connectivity index (χ2v) is 7.75. The van der Waals surface area contributed by atoms with Crippen molar-refractivity contribution < 1.29 is 4.79 Å². The molecule has 3 unspecified atom stereocenters. The van der Waals surface area contributed by atoms with Crippen molar-refractivity contribution in [2.24, 2.45) is 28.3 Å². The third-order valence-electron chi connectivity index (χ3n) is 5.11. The quantitative estimate of drug-likeness (QED) is 0.726. The molecule has 3 atom stereocenters. The Morgan fingerprint density at radius 3 is 3.00 bits per heavy atom. The summed E-state index contributed by atoms with van der Waals surface area (Å²) in [5.74, 6) is 1.18. The zero-order valence-electron chi connectivity index (χ0n) is 14.6. The number of fused-ring (bicyclic) bond motifs is 2. The minimum absolute atomic E-state index is 0.0252. The van der Waals surface area contributed by atoms with Crippen molar-refractivity contribution in [1.29, 1.82) is 0 Å². The van der Waals surface area contributed by atoms with Crippen LogP contribution in [0.3, 0.4) is 0 Å². The van der Waals surface area contributed by atoms with Crippen LogP contribution in [0.15, 0.2) is 39.6 Å². The Balaban J connectivity index is 2.01. The van der Waals surface area contributed by atoms with Crippen LogP contribution in [0.4, 0.5) is 0 Å². The molecule has 24 heavy (non-hydrogen) atoms. The molecule has 2 heterocycles. The smallest absolute Gasteiger partial charge is 0.223 e. The minimum Gasteiger partial charge on any atom is -0.401 e. The number of nitrogens with two attached hydrogens (primary N) is 2. The molecule has 130 valence electrons. The Kier molecular flexibility index (Phi) is 4.62. The molecule has 6 heteroatoms. The maximum Gasteiger partial charge on any atom is 0.223 e. The molecule has 1 fully saturated rings. The molecule has 0 aromatic rings. The highest BCUT2D eigenvalue weighted by Gasteiger charge is 2.64. The van der Waals surface area contributed by atoms with E-state index in [1.54, 1.807) is 18.8 Å². The van der Waals surface area contributed by atoms with Gasteiger partial charge in [0.25, 0.3) is 0 Å². The summed E-state index contributed by atoms with van der Waals surface area (Å²) in [7, 11) is 1.66. The molecular weight excluding hydrogens is 320 g/mol. The van der Waals surface area contributed by atoms with Gasteiger partial charge >= 0.3 is 0 Å². The summed E-state index contributed by atoms with van der Waals surface area (Å²) < 4.78 is 0. The zero-order chi connectivity index (χ0) is 17.5. The van der Waals surface area contributed by atoms with E-state index in [1.807, 2.05) is 0 Å². The Bertz CT molecular complexity index is 691. The Hall–Kier alpha value is -1.53. The molecule has 1 amide bonds. The number of carbonyl (C=O) groups is 1. The summed E-state index contributed by atoms with van der Waals surface area (Å²) in [5, 5.41) is 3.62. The number of aliphatic imine (C=N–C) groups is 1. The van der Waals surface area contributed by atoms with Crippen molar-refractivity contribution in [3.63, 3.8) is 0 Å². The first kappa shape index (κ1) is 17.3. The summed E-state index contributed by atoms with van der Waals surface area (Å²) >= 11 is 1.64. The molecule has 2 aliphatic heterocycles. The van der Waals surface area contributed by atoms with Gasteiger partial charge in [-0.15, -0.1) is 11.8 Å². The van der Waals surface area contributed by atoms with Crippen LogP contribution in [0.25, 0.3) is 0 Å². The van der Waals surface area contributed by atoms with E-state index in [1.165, 1.54) is 0 Å². The van der Waals surface area contributed by atoms with Gasteiger partial charge in [-0.2, -0.15) is 0 Å². The largest absolute Gasteiger partial charge is 0.401 e. The van der Waals surface area contributed by atoms with Crippen LogP contribution in [0.5, 0.6) is 0 Å². The maximum absolute atomic E-state index is 11.8. The molecule has 0 aromatic heterocycles. The van der Waals surface area contributed by atoms with E-state index in [0.29, 0.717) is 6.42 Å². The number of rotatable bonds is 4. The Labute approximate surface area is 147 Å². The van der Waals surface area contributed by atoms with Crippen LogP contribution in [0.2, 0.25) is 0 Å². The van der Waals surface area contributed by atoms with Crippen LogP contribution in [0.1, 0.15) is 33.1 Å². The monoisotopic (exact) mass is 346 g/mol. The van der Waals surface area contributed by atoms with Crippen LogP contribution in [-0.2, 0) is 4.79 Å². The average Bonchev–Trinajstić information content (AvgIpc) is 3.15. The first-order valence-corrected chi connectivity index (χ1v) is 9.53. The fourth-order valence-corrected chi connectivity index (χ4v) is 4.63. The number of amides is 1. The first-order chi connectivity index (χ1) is 11.4. The maximum atomic E-state index is 11.8. The van der Waals surface area contributed by atoms with E-state index in [4.69, 9.17) is 16.5 Å². The highest BCUT2D eigenvalue weighted by molar-refractivity contribution is 8.14. The molecule has 3 rings (SSSR count). The number of nitrogens with zero attached hydrogens (tertiary/aromatic N) is 1. The molecule has 5 nitrogen and oxygen atoms in total. The fraction of sp³-hybridized carbons (Fsp3) is 0.556. The lowest BCUT2D eigenvalue weighted by molar-refractivity contribution is -0.119. The molecule has 0 spiro atoms. The van der Waals surface area contributed by atoms with Crippen LogP contribution in [0, 0.1) is 11.8 Å². The van der Waals surface area contributed by atoms with Gasteiger partial charge in [0.15, 0.2) is 0 Å². The topological polar surface area (TPSA) is 93.5 Å². The summed E-state index contributed by atoms with van der Waals surface area (Å²) in [6.07, 6.45) is 6.78. The summed E-state index contributed by atoms with van der Waals surface area (Å²) in [6.45, 7) is 4.26. The van der Waals surface area contributed by atoms with Crippen LogP contribution < -0.4 is 16.8 Å². The van der Waals surface area contributed by atoms with Gasteiger partial charge in [0, 0.05) is 42.3 Å². The van der Waals surface area contributed by atoms with E-state index in [2.05, 4.69) is 31.3 Å². The van der Waals surface area contributed by atoms with Gasteiger partial charge < -0.3 is 16.8 Å². The van der Waals surface area contributed by atoms with Gasteiger partial charge in [0.1, 0.15) is 10.7 Å². The number of hydrogen-bond donors (Lipinski definition) is 3. The highest BCUT2D eigenvalue weighted by Crippen LogP contribution is 2.57. The summed E-state index contributed by atoms with van der Waals surface area (Å²) in [5.41, 5.74) is 16.5. The molecule has 3 aliphatic rings. The molecule has 5 N–H and O–H groups in total. The van der Waals surface area contributed by atoms with Gasteiger partial charge in [-0.25, -0.2) is 0 Å². The number of nitrogens with one attached hydrogen (secondary N) is 1. The standard InChI is InChI=1S/C18H26N4OS/c1-4-5-6-12-7-11(8-13(23)21-3)9-24-17-14(12)16(19)15-10(2)18(15,20)22-17/h6-7,10,15H,4-5,8-9,19-20H2,1-3H3,(H,21,23)/b12-6+. The van der Waals surface area contributed by atoms with Gasteiger partial charge in [-0.1, -0.05) is 32.4 Å². The van der Waals surface area contributed by atoms with E-state index < -0.39 is 5.66 Å². The summed E-state index contributed by atoms with van der Waals surface area (Å²) in [6, 6.07) is 0. The lowest BCUT2D eigenvalue weighted by Gasteiger charge is -2.21. The lowest BCUT2D eigenvalue weighted by Crippen LogP contribution is -2.31. The normalized spacial score (nSPS) is 33.2. The van der Waals surface area contributed by atoms with Crippen LogP contribution in [-0.4, -0.2) is 29.4 Å². The number of dihydropyridines is 1. The third-order valence-corrected chi connectivity index (χ3v) is 6.20. The van der Waals surface area contributed by atoms with Gasteiger partial charge in [-0.05, 0) is 17.6 Å². The van der Waals surface area contributed by atoms with Crippen molar-refractivity contribution in [1.82, 2.24) is 5.32 Å². The van der Waals surface area contributed by atoms with Crippen molar-refractivity contribution in [3.8, 4) is 0 Å². The Morgan fingerprint density at radius 1 is 1.58 bits per heavy atom. The van der Waals surface area contributed by atoms with Gasteiger partial charge in [0.05, 0.1) is 0 Å². The number of allylic oxidation sites excluding steroid dienone is 3. The summed E-state index contributed by atoms with van der Waals surface area (Å²) in [4.78, 5) is 16.6. The van der Waals surface area contributed by atoms with Crippen molar-refractivity contribution in [2.75, 3.05) is 12.8 Å². The molecule has 0 bridgehead atoms.